The first-order chi connectivity index (χ1) is 11.2. The molecule has 2 aromatic heterocycles. The number of carbonyl (C=O) groups excluding carboxylic acids is 1. The van der Waals surface area contributed by atoms with Crippen LogP contribution in [0.4, 0.5) is 10.5 Å². The molecule has 1 aliphatic rings. The Hall–Kier alpha value is -2.41. The molecule has 0 aliphatic carbocycles. The van der Waals surface area contributed by atoms with Gasteiger partial charge in [-0.15, -0.1) is 0 Å². The number of imidazole rings is 1. The minimum Gasteiger partial charge on any atom is -0.337 e. The highest BCUT2D eigenvalue weighted by atomic mass is 16.2. The summed E-state index contributed by atoms with van der Waals surface area (Å²) >= 11 is 0. The van der Waals surface area contributed by atoms with E-state index >= 15 is 0 Å². The first-order valence-electron chi connectivity index (χ1n) is 7.86. The molecule has 7 nitrogen and oxygen atoms in total. The molecule has 2 aromatic rings. The molecule has 0 unspecified atom stereocenters. The Bertz CT molecular complexity index is 656. The predicted molar refractivity (Wildman–Crippen MR) is 88.0 cm³/mol. The molecule has 1 atom stereocenters. The second kappa shape index (κ2) is 6.78. The summed E-state index contributed by atoms with van der Waals surface area (Å²) in [6.07, 6.45) is 7.08. The van der Waals surface area contributed by atoms with Gasteiger partial charge in [0.15, 0.2) is 0 Å². The standard InChI is InChI=1S/C16H22N6O/c1-3-21-10-11-22(12-14(21)15-18-8-9-20(15)2)16(23)19-13-4-6-17-7-5-13/h4-9,14H,3,10-12H2,1-2H3,(H,17,19,23)/t14-/m1/s1. The fraction of sp³-hybridized carbons (Fsp3) is 0.438. The molecule has 23 heavy (non-hydrogen) atoms. The second-order valence-corrected chi connectivity index (χ2v) is 5.65. The molecule has 3 rings (SSSR count). The molecule has 7 heteroatoms. The number of hydrogen-bond donors (Lipinski definition) is 1. The van der Waals surface area contributed by atoms with Crippen molar-refractivity contribution in [3.8, 4) is 0 Å². The Labute approximate surface area is 135 Å². The van der Waals surface area contributed by atoms with E-state index in [0.717, 1.165) is 24.6 Å². The van der Waals surface area contributed by atoms with Gasteiger partial charge in [0.05, 0.1) is 6.04 Å². The van der Waals surface area contributed by atoms with Gasteiger partial charge in [0.1, 0.15) is 5.82 Å². The van der Waals surface area contributed by atoms with E-state index in [-0.39, 0.29) is 12.1 Å². The number of aromatic nitrogens is 3. The maximum absolute atomic E-state index is 12.5. The summed E-state index contributed by atoms with van der Waals surface area (Å²) in [5.41, 5.74) is 0.761. The van der Waals surface area contributed by atoms with E-state index < -0.39 is 0 Å². The van der Waals surface area contributed by atoms with Gasteiger partial charge in [0.25, 0.3) is 0 Å². The fourth-order valence-electron chi connectivity index (χ4n) is 2.96. The van der Waals surface area contributed by atoms with E-state index in [2.05, 4.69) is 27.1 Å². The Morgan fingerprint density at radius 1 is 1.30 bits per heavy atom. The Balaban J connectivity index is 1.72. The minimum atomic E-state index is -0.0776. The highest BCUT2D eigenvalue weighted by Crippen LogP contribution is 2.24. The van der Waals surface area contributed by atoms with Gasteiger partial charge in [-0.2, -0.15) is 0 Å². The van der Waals surface area contributed by atoms with Crippen molar-refractivity contribution in [2.24, 2.45) is 7.05 Å². The maximum Gasteiger partial charge on any atom is 0.321 e. The lowest BCUT2D eigenvalue weighted by Gasteiger charge is -2.40. The number of anilines is 1. The van der Waals surface area contributed by atoms with E-state index in [1.165, 1.54) is 0 Å². The van der Waals surface area contributed by atoms with Crippen LogP contribution in [0, 0.1) is 0 Å². The van der Waals surface area contributed by atoms with Crippen LogP contribution >= 0.6 is 0 Å². The Morgan fingerprint density at radius 3 is 2.74 bits per heavy atom. The zero-order valence-corrected chi connectivity index (χ0v) is 13.5. The molecule has 1 aliphatic heterocycles. The van der Waals surface area contributed by atoms with Crippen LogP contribution in [-0.2, 0) is 7.05 Å². The molecule has 1 saturated heterocycles. The van der Waals surface area contributed by atoms with Crippen LogP contribution in [0.25, 0.3) is 0 Å². The third-order valence-electron chi connectivity index (χ3n) is 4.27. The zero-order valence-electron chi connectivity index (χ0n) is 13.5. The lowest BCUT2D eigenvalue weighted by atomic mass is 10.1. The van der Waals surface area contributed by atoms with Crippen molar-refractivity contribution in [1.82, 2.24) is 24.3 Å². The number of piperazine rings is 1. The SMILES string of the molecule is CCN1CCN(C(=O)Nc2ccncc2)C[C@@H]1c1nccn1C. The summed E-state index contributed by atoms with van der Waals surface area (Å²) in [6.45, 7) is 5.28. The number of amides is 2. The van der Waals surface area contributed by atoms with Crippen LogP contribution < -0.4 is 5.32 Å². The molecular weight excluding hydrogens is 292 g/mol. The molecule has 0 spiro atoms. The molecule has 0 aromatic carbocycles. The van der Waals surface area contributed by atoms with Gasteiger partial charge in [-0.1, -0.05) is 6.92 Å². The molecule has 0 radical (unpaired) electrons. The number of likely N-dealkylation sites (N-methyl/N-ethyl adjacent to an activating group) is 1. The summed E-state index contributed by atoms with van der Waals surface area (Å²) < 4.78 is 2.03. The topological polar surface area (TPSA) is 66.3 Å². The van der Waals surface area contributed by atoms with Gasteiger partial charge in [-0.05, 0) is 18.7 Å². The van der Waals surface area contributed by atoms with Crippen molar-refractivity contribution in [3.63, 3.8) is 0 Å². The van der Waals surface area contributed by atoms with Crippen molar-refractivity contribution in [3.05, 3.63) is 42.7 Å². The number of pyridine rings is 1. The summed E-state index contributed by atoms with van der Waals surface area (Å²) in [4.78, 5) is 25.2. The smallest absolute Gasteiger partial charge is 0.321 e. The van der Waals surface area contributed by atoms with Gasteiger partial charge >= 0.3 is 6.03 Å². The second-order valence-electron chi connectivity index (χ2n) is 5.65. The number of urea groups is 1. The van der Waals surface area contributed by atoms with Crippen LogP contribution in [0.3, 0.4) is 0 Å². The van der Waals surface area contributed by atoms with Crippen LogP contribution in [-0.4, -0.2) is 56.5 Å². The van der Waals surface area contributed by atoms with Crippen molar-refractivity contribution in [2.75, 3.05) is 31.5 Å². The van der Waals surface area contributed by atoms with Gasteiger partial charge in [0.2, 0.25) is 0 Å². The van der Waals surface area contributed by atoms with Gasteiger partial charge in [0, 0.05) is 57.2 Å². The molecule has 1 N–H and O–H groups in total. The lowest BCUT2D eigenvalue weighted by Crippen LogP contribution is -2.52. The summed E-state index contributed by atoms with van der Waals surface area (Å²) in [5.74, 6) is 0.994. The molecule has 122 valence electrons. The number of nitrogens with one attached hydrogen (secondary N) is 1. The van der Waals surface area contributed by atoms with E-state index in [0.29, 0.717) is 13.1 Å². The minimum absolute atomic E-state index is 0.0776. The van der Waals surface area contributed by atoms with Crippen LogP contribution in [0.1, 0.15) is 18.8 Å². The summed E-state index contributed by atoms with van der Waals surface area (Å²) in [6, 6.07) is 3.62. The quantitative estimate of drug-likeness (QED) is 0.937. The van der Waals surface area contributed by atoms with E-state index in [1.807, 2.05) is 22.7 Å². The average Bonchev–Trinajstić information content (AvgIpc) is 3.01. The van der Waals surface area contributed by atoms with Gasteiger partial charge in [-0.3, -0.25) is 9.88 Å². The number of carbonyl (C=O) groups is 1. The fourth-order valence-corrected chi connectivity index (χ4v) is 2.96. The van der Waals surface area contributed by atoms with Crippen LogP contribution in [0.15, 0.2) is 36.9 Å². The first-order valence-corrected chi connectivity index (χ1v) is 7.86. The molecular formula is C16H22N6O. The third-order valence-corrected chi connectivity index (χ3v) is 4.27. The predicted octanol–water partition coefficient (Wildman–Crippen LogP) is 1.73. The highest BCUT2D eigenvalue weighted by Gasteiger charge is 2.31. The van der Waals surface area contributed by atoms with E-state index in [4.69, 9.17) is 0 Å². The van der Waals surface area contributed by atoms with Crippen molar-refractivity contribution in [2.45, 2.75) is 13.0 Å². The monoisotopic (exact) mass is 314 g/mol. The largest absolute Gasteiger partial charge is 0.337 e. The van der Waals surface area contributed by atoms with Crippen molar-refractivity contribution in [1.29, 1.82) is 0 Å². The molecule has 0 bridgehead atoms. The number of aryl methyl sites for hydroxylation is 1. The maximum atomic E-state index is 12.5. The highest BCUT2D eigenvalue weighted by molar-refractivity contribution is 5.89. The molecule has 1 fully saturated rings. The number of rotatable bonds is 3. The van der Waals surface area contributed by atoms with Crippen molar-refractivity contribution < 1.29 is 4.79 Å². The van der Waals surface area contributed by atoms with Crippen LogP contribution in [0.2, 0.25) is 0 Å². The first kappa shape index (κ1) is 15.5. The number of hydrogen-bond acceptors (Lipinski definition) is 4. The molecule has 0 saturated carbocycles. The molecule has 2 amide bonds. The zero-order chi connectivity index (χ0) is 16.2. The Morgan fingerprint density at radius 2 is 2.09 bits per heavy atom. The normalized spacial score (nSPS) is 18.9. The van der Waals surface area contributed by atoms with E-state index in [9.17, 15) is 4.79 Å². The van der Waals surface area contributed by atoms with Crippen molar-refractivity contribution >= 4 is 11.7 Å². The Kier molecular flexibility index (Phi) is 4.57. The summed E-state index contributed by atoms with van der Waals surface area (Å²) in [5, 5.41) is 2.93. The number of nitrogens with zero attached hydrogens (tertiary/aromatic N) is 5. The third kappa shape index (κ3) is 3.34. The van der Waals surface area contributed by atoms with Gasteiger partial charge in [-0.25, -0.2) is 9.78 Å². The lowest BCUT2D eigenvalue weighted by molar-refractivity contribution is 0.0927. The van der Waals surface area contributed by atoms with E-state index in [1.54, 1.807) is 30.7 Å². The summed E-state index contributed by atoms with van der Waals surface area (Å²) in [7, 11) is 1.99. The van der Waals surface area contributed by atoms with Crippen LogP contribution in [0.5, 0.6) is 0 Å². The van der Waals surface area contributed by atoms with Gasteiger partial charge < -0.3 is 14.8 Å². The average molecular weight is 314 g/mol. The molecule has 3 heterocycles.